The molecule has 1 aliphatic rings. The first-order valence-corrected chi connectivity index (χ1v) is 5.31. The van der Waals surface area contributed by atoms with Crippen LogP contribution in [0.1, 0.15) is 44.6 Å². The number of hydrogen-bond acceptors (Lipinski definition) is 2. The molecule has 72 valence electrons. The minimum absolute atomic E-state index is 0.532. The molecule has 3 nitrogen and oxygen atoms in total. The van der Waals surface area contributed by atoms with E-state index in [1.54, 1.807) is 6.33 Å². The van der Waals surface area contributed by atoms with Crippen LogP contribution in [0.4, 0.5) is 0 Å². The van der Waals surface area contributed by atoms with E-state index in [4.69, 9.17) is 11.6 Å². The first kappa shape index (κ1) is 9.00. The van der Waals surface area contributed by atoms with Crippen molar-refractivity contribution in [3.8, 4) is 0 Å². The Balaban J connectivity index is 2.10. The lowest BCUT2D eigenvalue weighted by molar-refractivity contribution is 0.443. The number of rotatable bonds is 1. The summed E-state index contributed by atoms with van der Waals surface area (Å²) >= 11 is 5.92. The Kier molecular flexibility index (Phi) is 2.83. The molecule has 0 radical (unpaired) electrons. The van der Waals surface area contributed by atoms with Crippen LogP contribution in [0.2, 0.25) is 5.28 Å². The molecule has 1 aromatic rings. The second-order valence-corrected chi connectivity index (χ2v) is 3.99. The Labute approximate surface area is 83.1 Å². The Morgan fingerprint density at radius 3 is 2.46 bits per heavy atom. The highest BCUT2D eigenvalue weighted by Gasteiger charge is 2.16. The highest BCUT2D eigenvalue weighted by atomic mass is 35.5. The fraction of sp³-hybridized carbons (Fsp3) is 0.778. The normalized spacial score (nSPS) is 20.1. The number of nitrogens with zero attached hydrogens (tertiary/aromatic N) is 3. The molecule has 0 spiro atoms. The molecule has 2 rings (SSSR count). The largest absolute Gasteiger partial charge is 0.301 e. The predicted molar refractivity (Wildman–Crippen MR) is 51.8 cm³/mol. The summed E-state index contributed by atoms with van der Waals surface area (Å²) < 4.78 is 2.01. The van der Waals surface area contributed by atoms with E-state index in [0.717, 1.165) is 0 Å². The van der Waals surface area contributed by atoms with Crippen molar-refractivity contribution in [3.63, 3.8) is 0 Å². The number of halogens is 1. The van der Waals surface area contributed by atoms with Crippen molar-refractivity contribution >= 4 is 11.6 Å². The summed E-state index contributed by atoms with van der Waals surface area (Å²) in [5, 5.41) is 8.14. The molecule has 0 atom stereocenters. The van der Waals surface area contributed by atoms with Gasteiger partial charge in [-0.1, -0.05) is 25.7 Å². The van der Waals surface area contributed by atoms with Gasteiger partial charge in [0.15, 0.2) is 0 Å². The van der Waals surface area contributed by atoms with Gasteiger partial charge in [0, 0.05) is 6.04 Å². The zero-order chi connectivity index (χ0) is 9.10. The molecule has 1 heterocycles. The van der Waals surface area contributed by atoms with Crippen LogP contribution in [-0.4, -0.2) is 14.8 Å². The lowest BCUT2D eigenvalue weighted by Gasteiger charge is -2.15. The smallest absolute Gasteiger partial charge is 0.225 e. The molecule has 13 heavy (non-hydrogen) atoms. The lowest BCUT2D eigenvalue weighted by atomic mass is 10.1. The molecule has 0 aromatic carbocycles. The molecule has 0 unspecified atom stereocenters. The van der Waals surface area contributed by atoms with E-state index in [2.05, 4.69) is 10.2 Å². The lowest BCUT2D eigenvalue weighted by Crippen LogP contribution is -2.06. The molecule has 0 N–H and O–H groups in total. The summed E-state index contributed by atoms with van der Waals surface area (Å²) in [5.74, 6) is 0. The average Bonchev–Trinajstić information content (AvgIpc) is 2.43. The van der Waals surface area contributed by atoms with Crippen molar-refractivity contribution in [2.75, 3.05) is 0 Å². The van der Waals surface area contributed by atoms with Gasteiger partial charge in [0.05, 0.1) is 0 Å². The van der Waals surface area contributed by atoms with Crippen LogP contribution in [0.5, 0.6) is 0 Å². The van der Waals surface area contributed by atoms with Crippen molar-refractivity contribution in [1.29, 1.82) is 0 Å². The maximum absolute atomic E-state index is 5.92. The van der Waals surface area contributed by atoms with Gasteiger partial charge in [0.2, 0.25) is 5.28 Å². The minimum atomic E-state index is 0.532. The van der Waals surface area contributed by atoms with Gasteiger partial charge in [0.25, 0.3) is 0 Å². The van der Waals surface area contributed by atoms with E-state index in [1.807, 2.05) is 4.57 Å². The summed E-state index contributed by atoms with van der Waals surface area (Å²) in [6, 6.07) is 0.532. The fourth-order valence-electron chi connectivity index (χ4n) is 2.01. The second-order valence-electron chi connectivity index (χ2n) is 3.65. The number of aromatic nitrogens is 3. The fourth-order valence-corrected chi connectivity index (χ4v) is 2.23. The van der Waals surface area contributed by atoms with Gasteiger partial charge in [-0.3, -0.25) is 0 Å². The summed E-state index contributed by atoms with van der Waals surface area (Å²) in [6.45, 7) is 0. The van der Waals surface area contributed by atoms with Crippen molar-refractivity contribution in [3.05, 3.63) is 11.6 Å². The van der Waals surface area contributed by atoms with Gasteiger partial charge in [-0.25, -0.2) is 0 Å². The first-order valence-electron chi connectivity index (χ1n) is 4.93. The van der Waals surface area contributed by atoms with Gasteiger partial charge >= 0.3 is 0 Å². The van der Waals surface area contributed by atoms with Crippen molar-refractivity contribution in [2.24, 2.45) is 0 Å². The van der Waals surface area contributed by atoms with Crippen LogP contribution in [0.25, 0.3) is 0 Å². The van der Waals surface area contributed by atoms with Gasteiger partial charge < -0.3 is 4.57 Å². The van der Waals surface area contributed by atoms with Crippen LogP contribution in [0.15, 0.2) is 6.33 Å². The van der Waals surface area contributed by atoms with E-state index < -0.39 is 0 Å². The third-order valence-electron chi connectivity index (χ3n) is 2.75. The Bertz CT molecular complexity index is 264. The van der Waals surface area contributed by atoms with Gasteiger partial charge in [-0.05, 0) is 24.4 Å². The van der Waals surface area contributed by atoms with Crippen LogP contribution in [0, 0.1) is 0 Å². The van der Waals surface area contributed by atoms with Crippen molar-refractivity contribution < 1.29 is 0 Å². The Morgan fingerprint density at radius 2 is 1.92 bits per heavy atom. The van der Waals surface area contributed by atoms with E-state index in [1.165, 1.54) is 38.5 Å². The minimum Gasteiger partial charge on any atom is -0.301 e. The van der Waals surface area contributed by atoms with Crippen molar-refractivity contribution in [1.82, 2.24) is 14.8 Å². The molecule has 1 aromatic heterocycles. The highest BCUT2D eigenvalue weighted by Crippen LogP contribution is 2.28. The topological polar surface area (TPSA) is 30.7 Å². The molecule has 0 aliphatic heterocycles. The maximum atomic E-state index is 5.92. The molecular formula is C9H14ClN3. The zero-order valence-electron chi connectivity index (χ0n) is 7.62. The average molecular weight is 200 g/mol. The molecule has 1 fully saturated rings. The zero-order valence-corrected chi connectivity index (χ0v) is 8.37. The van der Waals surface area contributed by atoms with Crippen LogP contribution in [-0.2, 0) is 0 Å². The molecule has 1 saturated carbocycles. The second kappa shape index (κ2) is 4.09. The van der Waals surface area contributed by atoms with E-state index >= 15 is 0 Å². The molecule has 1 aliphatic carbocycles. The van der Waals surface area contributed by atoms with Gasteiger partial charge in [-0.15, -0.1) is 10.2 Å². The molecule has 4 heteroatoms. The Morgan fingerprint density at radius 1 is 1.23 bits per heavy atom. The van der Waals surface area contributed by atoms with Crippen LogP contribution in [0.3, 0.4) is 0 Å². The van der Waals surface area contributed by atoms with E-state index in [0.29, 0.717) is 11.3 Å². The third-order valence-corrected chi connectivity index (χ3v) is 3.02. The molecule has 0 bridgehead atoms. The molecule has 0 saturated heterocycles. The summed E-state index contributed by atoms with van der Waals surface area (Å²) in [7, 11) is 0. The molecular weight excluding hydrogens is 186 g/mol. The SMILES string of the molecule is Clc1nncn1C1CCCCCC1. The molecule has 0 amide bonds. The quantitative estimate of drug-likeness (QED) is 0.652. The van der Waals surface area contributed by atoms with Gasteiger partial charge in [0.1, 0.15) is 6.33 Å². The first-order chi connectivity index (χ1) is 6.38. The third kappa shape index (κ3) is 2.02. The van der Waals surface area contributed by atoms with E-state index in [9.17, 15) is 0 Å². The Hall–Kier alpha value is -0.570. The summed E-state index contributed by atoms with van der Waals surface area (Å²) in [6.07, 6.45) is 9.51. The van der Waals surface area contributed by atoms with Crippen molar-refractivity contribution in [2.45, 2.75) is 44.6 Å². The highest BCUT2D eigenvalue weighted by molar-refractivity contribution is 6.28. The van der Waals surface area contributed by atoms with Crippen LogP contribution >= 0.6 is 11.6 Å². The van der Waals surface area contributed by atoms with Crippen LogP contribution < -0.4 is 0 Å². The maximum Gasteiger partial charge on any atom is 0.225 e. The summed E-state index contributed by atoms with van der Waals surface area (Å²) in [5.41, 5.74) is 0. The number of hydrogen-bond donors (Lipinski definition) is 0. The van der Waals surface area contributed by atoms with E-state index in [-0.39, 0.29) is 0 Å². The summed E-state index contributed by atoms with van der Waals surface area (Å²) in [4.78, 5) is 0. The standard InChI is InChI=1S/C9H14ClN3/c10-9-12-11-7-13(9)8-5-3-1-2-4-6-8/h7-8H,1-6H2. The van der Waals surface area contributed by atoms with Gasteiger partial charge in [-0.2, -0.15) is 0 Å². The predicted octanol–water partition coefficient (Wildman–Crippen LogP) is 2.83. The monoisotopic (exact) mass is 199 g/mol.